The lowest BCUT2D eigenvalue weighted by atomic mass is 9.75. The molecule has 3 aliphatic heterocycles. The molecule has 0 aliphatic carbocycles. The van der Waals surface area contributed by atoms with Crippen molar-refractivity contribution < 1.29 is 19.4 Å². The first-order chi connectivity index (χ1) is 17.6. The van der Waals surface area contributed by atoms with Gasteiger partial charge in [-0.05, 0) is 67.5 Å². The largest absolute Gasteiger partial charge is 0.491 e. The number of pyridine rings is 1. The molecule has 7 heteroatoms. The zero-order valence-corrected chi connectivity index (χ0v) is 20.6. The van der Waals surface area contributed by atoms with E-state index >= 15 is 0 Å². The van der Waals surface area contributed by atoms with Crippen molar-refractivity contribution in [3.8, 4) is 5.75 Å². The van der Waals surface area contributed by atoms with E-state index in [1.54, 1.807) is 12.3 Å². The van der Waals surface area contributed by atoms with Crippen molar-refractivity contribution in [2.24, 2.45) is 5.41 Å². The zero-order valence-electron chi connectivity index (χ0n) is 20.6. The highest BCUT2D eigenvalue weighted by Gasteiger charge is 2.36. The van der Waals surface area contributed by atoms with Gasteiger partial charge >= 0.3 is 0 Å². The van der Waals surface area contributed by atoms with Crippen molar-refractivity contribution >= 4 is 22.7 Å². The van der Waals surface area contributed by atoms with Crippen LogP contribution in [0.15, 0.2) is 60.8 Å². The monoisotopic (exact) mass is 487 g/mol. The molecule has 0 radical (unpaired) electrons. The van der Waals surface area contributed by atoms with E-state index in [1.807, 2.05) is 58.3 Å². The van der Waals surface area contributed by atoms with Crippen LogP contribution < -0.4 is 4.74 Å². The zero-order chi connectivity index (χ0) is 25.0. The van der Waals surface area contributed by atoms with E-state index in [4.69, 9.17) is 4.74 Å². The lowest BCUT2D eigenvalue weighted by Crippen LogP contribution is -2.44. The quantitative estimate of drug-likeness (QED) is 0.587. The Balaban J connectivity index is 1.39. The summed E-state index contributed by atoms with van der Waals surface area (Å²) in [7, 11) is 0. The van der Waals surface area contributed by atoms with Gasteiger partial charge in [0.1, 0.15) is 12.4 Å². The Kier molecular flexibility index (Phi) is 7.18. The number of aromatic nitrogens is 1. The van der Waals surface area contributed by atoms with E-state index in [-0.39, 0.29) is 23.8 Å². The third-order valence-electron chi connectivity index (χ3n) is 7.71. The normalized spacial score (nSPS) is 18.8. The van der Waals surface area contributed by atoms with E-state index in [0.29, 0.717) is 49.7 Å². The summed E-state index contributed by atoms with van der Waals surface area (Å²) in [5.41, 5.74) is 1.87. The van der Waals surface area contributed by atoms with Gasteiger partial charge in [0, 0.05) is 43.4 Å². The second kappa shape index (κ2) is 10.7. The van der Waals surface area contributed by atoms with Crippen LogP contribution in [0.2, 0.25) is 0 Å². The molecule has 1 N–H and O–H groups in total. The number of piperidine rings is 1. The number of carbonyl (C=O) groups is 2. The van der Waals surface area contributed by atoms with Crippen LogP contribution >= 0.6 is 0 Å². The molecule has 7 nitrogen and oxygen atoms in total. The van der Waals surface area contributed by atoms with E-state index in [1.165, 1.54) is 0 Å². The molecule has 3 aromatic rings. The molecule has 1 fully saturated rings. The van der Waals surface area contributed by atoms with Crippen LogP contribution in [0.4, 0.5) is 0 Å². The van der Waals surface area contributed by atoms with E-state index < -0.39 is 0 Å². The molecule has 2 amide bonds. The van der Waals surface area contributed by atoms with Crippen LogP contribution in [0.25, 0.3) is 10.9 Å². The summed E-state index contributed by atoms with van der Waals surface area (Å²) in [6, 6.07) is 16.8. The molecule has 188 valence electrons. The average Bonchev–Trinajstić information content (AvgIpc) is 2.94. The number of rotatable bonds is 2. The van der Waals surface area contributed by atoms with Gasteiger partial charge in [-0.25, -0.2) is 0 Å². The van der Waals surface area contributed by atoms with E-state index in [9.17, 15) is 14.7 Å². The Labute approximate surface area is 211 Å². The third kappa shape index (κ3) is 5.07. The van der Waals surface area contributed by atoms with Gasteiger partial charge in [0.05, 0.1) is 17.6 Å². The molecule has 2 bridgehead atoms. The van der Waals surface area contributed by atoms with Crippen molar-refractivity contribution in [3.05, 3.63) is 71.9 Å². The van der Waals surface area contributed by atoms with E-state index in [2.05, 4.69) is 4.98 Å². The summed E-state index contributed by atoms with van der Waals surface area (Å²) in [5, 5.41) is 11.2. The number of ether oxygens (including phenoxy) is 1. The highest BCUT2D eigenvalue weighted by molar-refractivity contribution is 5.98. The van der Waals surface area contributed by atoms with Gasteiger partial charge in [-0.3, -0.25) is 14.6 Å². The highest BCUT2D eigenvalue weighted by atomic mass is 16.5. The summed E-state index contributed by atoms with van der Waals surface area (Å²) < 4.78 is 6.08. The second-order valence-corrected chi connectivity index (χ2v) is 9.96. The summed E-state index contributed by atoms with van der Waals surface area (Å²) >= 11 is 0. The van der Waals surface area contributed by atoms with Crippen LogP contribution in [-0.4, -0.2) is 71.1 Å². The summed E-state index contributed by atoms with van der Waals surface area (Å²) in [5.74, 6) is 0.465. The van der Waals surface area contributed by atoms with E-state index in [0.717, 1.165) is 43.0 Å². The number of hydrogen-bond acceptors (Lipinski definition) is 5. The molecular weight excluding hydrogens is 454 g/mol. The van der Waals surface area contributed by atoms with Gasteiger partial charge in [-0.15, -0.1) is 0 Å². The fourth-order valence-corrected chi connectivity index (χ4v) is 5.39. The first-order valence-corrected chi connectivity index (χ1v) is 12.8. The number of fused-ring (bicyclic) bond motifs is 10. The molecule has 6 rings (SSSR count). The number of nitrogens with zero attached hydrogens (tertiary/aromatic N) is 3. The number of aliphatic hydroxyl groups is 1. The van der Waals surface area contributed by atoms with Crippen molar-refractivity contribution in [1.82, 2.24) is 14.8 Å². The Bertz CT molecular complexity index is 1240. The predicted octanol–water partition coefficient (Wildman–Crippen LogP) is 4.15. The molecule has 2 aromatic carbocycles. The van der Waals surface area contributed by atoms with Gasteiger partial charge in [0.25, 0.3) is 11.8 Å². The molecule has 1 aromatic heterocycles. The van der Waals surface area contributed by atoms with Crippen LogP contribution in [0.5, 0.6) is 5.75 Å². The summed E-state index contributed by atoms with van der Waals surface area (Å²) in [6.45, 7) is 2.72. The van der Waals surface area contributed by atoms with Gasteiger partial charge < -0.3 is 19.6 Å². The van der Waals surface area contributed by atoms with Crippen molar-refractivity contribution in [2.45, 2.75) is 32.1 Å². The smallest absolute Gasteiger partial charge is 0.257 e. The Morgan fingerprint density at radius 2 is 1.81 bits per heavy atom. The van der Waals surface area contributed by atoms with Crippen LogP contribution in [0.3, 0.4) is 0 Å². The van der Waals surface area contributed by atoms with Crippen molar-refractivity contribution in [3.63, 3.8) is 0 Å². The molecule has 0 unspecified atom stereocenters. The number of carbonyl (C=O) groups excluding carboxylic acids is 2. The molecule has 3 aliphatic rings. The second-order valence-electron chi connectivity index (χ2n) is 9.96. The minimum Gasteiger partial charge on any atom is -0.491 e. The van der Waals surface area contributed by atoms with Gasteiger partial charge in [-0.2, -0.15) is 0 Å². The number of benzene rings is 2. The lowest BCUT2D eigenvalue weighted by Gasteiger charge is -2.41. The Morgan fingerprint density at radius 3 is 2.64 bits per heavy atom. The molecule has 4 heterocycles. The molecule has 0 spiro atoms. The Morgan fingerprint density at radius 1 is 0.972 bits per heavy atom. The maximum absolute atomic E-state index is 13.5. The van der Waals surface area contributed by atoms with Crippen LogP contribution in [-0.2, 0) is 0 Å². The first-order valence-electron chi connectivity index (χ1n) is 12.8. The molecule has 1 saturated heterocycles. The van der Waals surface area contributed by atoms with Crippen molar-refractivity contribution in [1.29, 1.82) is 0 Å². The van der Waals surface area contributed by atoms with Gasteiger partial charge in [0.2, 0.25) is 0 Å². The summed E-state index contributed by atoms with van der Waals surface area (Å²) in [4.78, 5) is 34.9. The lowest BCUT2D eigenvalue weighted by molar-refractivity contribution is 0.0297. The maximum atomic E-state index is 13.5. The minimum absolute atomic E-state index is 0.0373. The summed E-state index contributed by atoms with van der Waals surface area (Å²) in [6.07, 6.45) is 5.97. The fraction of sp³-hybridized carbons (Fsp3) is 0.414. The minimum atomic E-state index is -0.160. The first kappa shape index (κ1) is 24.3. The number of para-hydroxylation sites is 1. The fourth-order valence-electron chi connectivity index (χ4n) is 5.39. The SMILES string of the molecule is O=C(c1ccc2ncccc2c1)N1CCCCC2(CO)CCN(CC2)C(=O)c2ccccc2OCC1. The van der Waals surface area contributed by atoms with Crippen LogP contribution in [0.1, 0.15) is 52.8 Å². The topological polar surface area (TPSA) is 83.0 Å². The van der Waals surface area contributed by atoms with Gasteiger partial charge in [0.15, 0.2) is 0 Å². The predicted molar refractivity (Wildman–Crippen MR) is 138 cm³/mol. The molecule has 0 saturated carbocycles. The maximum Gasteiger partial charge on any atom is 0.257 e. The molecule has 36 heavy (non-hydrogen) atoms. The van der Waals surface area contributed by atoms with Gasteiger partial charge in [-0.1, -0.05) is 24.6 Å². The third-order valence-corrected chi connectivity index (χ3v) is 7.71. The van der Waals surface area contributed by atoms with Crippen molar-refractivity contribution in [2.75, 3.05) is 39.4 Å². The average molecular weight is 488 g/mol. The van der Waals surface area contributed by atoms with Crippen LogP contribution in [0, 0.1) is 5.41 Å². The Hall–Kier alpha value is -3.45. The molecule has 0 atom stereocenters. The number of aliphatic hydroxyl groups excluding tert-OH is 1. The molecular formula is C29H33N3O4. The standard InChI is InChI=1S/C29H33N3O4/c33-21-29-11-3-4-15-31(27(34)23-9-10-25-22(20-23)6-5-14-30-25)18-19-36-26-8-2-1-7-24(26)28(35)32(16-12-29)17-13-29/h1-2,5-10,14,20,33H,3-4,11-13,15-19,21H2. The number of amides is 2. The highest BCUT2D eigenvalue weighted by Crippen LogP contribution is 2.37. The number of hydrogen-bond donors (Lipinski definition) is 1.